The van der Waals surface area contributed by atoms with Crippen molar-refractivity contribution in [3.63, 3.8) is 0 Å². The summed E-state index contributed by atoms with van der Waals surface area (Å²) in [6.07, 6.45) is -0.735. The van der Waals surface area contributed by atoms with Crippen LogP contribution in [-0.4, -0.2) is 36.2 Å². The minimum atomic E-state index is -1.15. The van der Waals surface area contributed by atoms with Crippen LogP contribution in [-0.2, 0) is 9.53 Å². The average Bonchev–Trinajstić information content (AvgIpc) is 2.46. The van der Waals surface area contributed by atoms with Crippen molar-refractivity contribution in [2.45, 2.75) is 19.9 Å². The second-order valence-corrected chi connectivity index (χ2v) is 3.29. The van der Waals surface area contributed by atoms with Gasteiger partial charge in [0.1, 0.15) is 6.61 Å². The van der Waals surface area contributed by atoms with Gasteiger partial charge in [0.25, 0.3) is 5.91 Å². The number of alkyl halides is 1. The fourth-order valence-electron chi connectivity index (χ4n) is 1.28. The molecular formula is C8H12FNO3. The van der Waals surface area contributed by atoms with Gasteiger partial charge in [-0.25, -0.2) is 14.1 Å². The van der Waals surface area contributed by atoms with E-state index < -0.39 is 18.7 Å². The maximum atomic E-state index is 12.0. The Bertz CT molecular complexity index is 229. The zero-order valence-corrected chi connectivity index (χ0v) is 7.62. The number of amides is 2. The average molecular weight is 189 g/mol. The molecule has 0 bridgehead atoms. The van der Waals surface area contributed by atoms with Gasteiger partial charge in [0.2, 0.25) is 0 Å². The first kappa shape index (κ1) is 9.95. The quantitative estimate of drug-likeness (QED) is 0.650. The Morgan fingerprint density at radius 1 is 1.77 bits per heavy atom. The summed E-state index contributed by atoms with van der Waals surface area (Å²) >= 11 is 0. The number of rotatable bonds is 2. The lowest BCUT2D eigenvalue weighted by Gasteiger charge is -2.20. The van der Waals surface area contributed by atoms with Crippen molar-refractivity contribution < 1.29 is 18.7 Å². The molecule has 0 radical (unpaired) electrons. The first-order chi connectivity index (χ1) is 6.07. The second kappa shape index (κ2) is 3.72. The summed E-state index contributed by atoms with van der Waals surface area (Å²) in [5.41, 5.74) is 0. The normalized spacial score (nSPS) is 22.3. The van der Waals surface area contributed by atoms with E-state index in [2.05, 4.69) is 4.74 Å². The third kappa shape index (κ3) is 1.79. The van der Waals surface area contributed by atoms with Crippen LogP contribution >= 0.6 is 0 Å². The molecule has 0 aromatic heterocycles. The van der Waals surface area contributed by atoms with Crippen molar-refractivity contribution in [1.29, 1.82) is 0 Å². The summed E-state index contributed by atoms with van der Waals surface area (Å²) in [5.74, 6) is -0.733. The van der Waals surface area contributed by atoms with Crippen molar-refractivity contribution in [1.82, 2.24) is 4.90 Å². The molecule has 13 heavy (non-hydrogen) atoms. The van der Waals surface area contributed by atoms with Crippen LogP contribution in [0, 0.1) is 5.92 Å². The first-order valence-corrected chi connectivity index (χ1v) is 4.12. The predicted molar refractivity (Wildman–Crippen MR) is 42.8 cm³/mol. The molecule has 0 spiro atoms. The molecule has 1 rings (SSSR count). The number of hydrogen-bond donors (Lipinski definition) is 0. The van der Waals surface area contributed by atoms with Crippen molar-refractivity contribution in [3.05, 3.63) is 0 Å². The number of nitrogens with zero attached hydrogens (tertiary/aromatic N) is 1. The molecule has 1 unspecified atom stereocenters. The van der Waals surface area contributed by atoms with Crippen molar-refractivity contribution in [2.24, 2.45) is 5.92 Å². The van der Waals surface area contributed by atoms with Gasteiger partial charge < -0.3 is 4.74 Å². The van der Waals surface area contributed by atoms with Gasteiger partial charge in [-0.1, -0.05) is 13.8 Å². The van der Waals surface area contributed by atoms with Crippen LogP contribution in [0.1, 0.15) is 13.8 Å². The summed E-state index contributed by atoms with van der Waals surface area (Å²) in [4.78, 5) is 22.9. The van der Waals surface area contributed by atoms with Gasteiger partial charge in [0.15, 0.2) is 6.67 Å². The SMILES string of the molecule is CC(C)C1COC(=O)N1C(=O)CF. The maximum Gasteiger partial charge on any atom is 0.417 e. The van der Waals surface area contributed by atoms with Crippen molar-refractivity contribution >= 4 is 12.0 Å². The summed E-state index contributed by atoms with van der Waals surface area (Å²) in [6.45, 7) is 2.72. The van der Waals surface area contributed by atoms with E-state index in [1.807, 2.05) is 13.8 Å². The Balaban J connectivity index is 2.77. The van der Waals surface area contributed by atoms with Crippen LogP contribution in [0.25, 0.3) is 0 Å². The minimum absolute atomic E-state index is 0.0851. The largest absolute Gasteiger partial charge is 0.447 e. The first-order valence-electron chi connectivity index (χ1n) is 4.12. The van der Waals surface area contributed by atoms with E-state index in [-0.39, 0.29) is 18.6 Å². The van der Waals surface area contributed by atoms with Gasteiger partial charge >= 0.3 is 6.09 Å². The molecular weight excluding hydrogens is 177 g/mol. The second-order valence-electron chi connectivity index (χ2n) is 3.29. The highest BCUT2D eigenvalue weighted by Crippen LogP contribution is 2.19. The highest BCUT2D eigenvalue weighted by molar-refractivity contribution is 5.94. The van der Waals surface area contributed by atoms with Crippen LogP contribution in [0.5, 0.6) is 0 Å². The summed E-state index contributed by atoms with van der Waals surface area (Å²) < 4.78 is 16.7. The Hall–Kier alpha value is -1.13. The topological polar surface area (TPSA) is 46.6 Å². The predicted octanol–water partition coefficient (Wildman–Crippen LogP) is 0.959. The molecule has 1 saturated heterocycles. The number of carbonyl (C=O) groups excluding carboxylic acids is 2. The number of halogens is 1. The summed E-state index contributed by atoms with van der Waals surface area (Å²) in [6, 6.07) is -0.323. The molecule has 0 saturated carbocycles. The summed E-state index contributed by atoms with van der Waals surface area (Å²) in [7, 11) is 0. The minimum Gasteiger partial charge on any atom is -0.447 e. The smallest absolute Gasteiger partial charge is 0.417 e. The number of ether oxygens (including phenoxy) is 1. The Kier molecular flexibility index (Phi) is 2.85. The number of carbonyl (C=O) groups is 2. The van der Waals surface area contributed by atoms with Crippen LogP contribution < -0.4 is 0 Å². The van der Waals surface area contributed by atoms with Gasteiger partial charge in [0, 0.05) is 0 Å². The van der Waals surface area contributed by atoms with E-state index in [1.54, 1.807) is 0 Å². The Labute approximate surface area is 75.6 Å². The molecule has 0 aromatic rings. The standard InChI is InChI=1S/C8H12FNO3/c1-5(2)6-4-13-8(12)10(6)7(11)3-9/h5-6H,3-4H2,1-2H3. The maximum absolute atomic E-state index is 12.0. The Morgan fingerprint density at radius 2 is 2.38 bits per heavy atom. The molecule has 1 aliphatic rings. The van der Waals surface area contributed by atoms with Gasteiger partial charge in [0.05, 0.1) is 6.04 Å². The third-order valence-electron chi connectivity index (χ3n) is 2.06. The fourth-order valence-corrected chi connectivity index (χ4v) is 1.28. The lowest BCUT2D eigenvalue weighted by atomic mass is 10.0. The lowest BCUT2D eigenvalue weighted by molar-refractivity contribution is -0.130. The fraction of sp³-hybridized carbons (Fsp3) is 0.750. The van der Waals surface area contributed by atoms with Crippen molar-refractivity contribution in [3.8, 4) is 0 Å². The van der Waals surface area contributed by atoms with Crippen LogP contribution in [0.3, 0.4) is 0 Å². The zero-order valence-electron chi connectivity index (χ0n) is 7.62. The number of imide groups is 1. The van der Waals surface area contributed by atoms with Gasteiger partial charge in [-0.3, -0.25) is 4.79 Å². The van der Waals surface area contributed by atoms with E-state index in [4.69, 9.17) is 0 Å². The van der Waals surface area contributed by atoms with E-state index >= 15 is 0 Å². The molecule has 1 fully saturated rings. The van der Waals surface area contributed by atoms with Crippen LogP contribution in [0.15, 0.2) is 0 Å². The molecule has 0 aliphatic carbocycles. The Morgan fingerprint density at radius 3 is 2.85 bits per heavy atom. The monoisotopic (exact) mass is 189 g/mol. The number of cyclic esters (lactones) is 1. The van der Waals surface area contributed by atoms with Crippen LogP contribution in [0.4, 0.5) is 9.18 Å². The van der Waals surface area contributed by atoms with Crippen molar-refractivity contribution in [2.75, 3.05) is 13.3 Å². The molecule has 1 aliphatic heterocycles. The van der Waals surface area contributed by atoms with E-state index in [0.29, 0.717) is 0 Å². The molecule has 4 nitrogen and oxygen atoms in total. The molecule has 1 atom stereocenters. The lowest BCUT2D eigenvalue weighted by Crippen LogP contribution is -2.42. The molecule has 74 valence electrons. The summed E-state index contributed by atoms with van der Waals surface area (Å²) in [5, 5.41) is 0. The van der Waals surface area contributed by atoms with E-state index in [9.17, 15) is 14.0 Å². The van der Waals surface area contributed by atoms with Crippen LogP contribution in [0.2, 0.25) is 0 Å². The van der Waals surface area contributed by atoms with Gasteiger partial charge in [-0.2, -0.15) is 0 Å². The highest BCUT2D eigenvalue weighted by Gasteiger charge is 2.39. The third-order valence-corrected chi connectivity index (χ3v) is 2.06. The van der Waals surface area contributed by atoms with Gasteiger partial charge in [-0.05, 0) is 5.92 Å². The molecule has 1 heterocycles. The number of hydrogen-bond acceptors (Lipinski definition) is 3. The highest BCUT2D eigenvalue weighted by atomic mass is 19.1. The molecule has 0 N–H and O–H groups in total. The molecule has 2 amide bonds. The van der Waals surface area contributed by atoms with Gasteiger partial charge in [-0.15, -0.1) is 0 Å². The molecule has 0 aromatic carbocycles. The van der Waals surface area contributed by atoms with E-state index in [0.717, 1.165) is 4.90 Å². The zero-order chi connectivity index (χ0) is 10.0. The molecule has 5 heteroatoms. The van der Waals surface area contributed by atoms with E-state index in [1.165, 1.54) is 0 Å².